The Morgan fingerprint density at radius 2 is 1.81 bits per heavy atom. The van der Waals surface area contributed by atoms with Gasteiger partial charge in [0.25, 0.3) is 0 Å². The number of ether oxygens (including phenoxy) is 1. The number of carbonyl (C=O) groups is 1. The van der Waals surface area contributed by atoms with Gasteiger partial charge in [-0.1, -0.05) is 12.1 Å². The van der Waals surface area contributed by atoms with Gasteiger partial charge in [-0.15, -0.1) is 0 Å². The molecule has 2 fully saturated rings. The van der Waals surface area contributed by atoms with Gasteiger partial charge in [-0.2, -0.15) is 0 Å². The summed E-state index contributed by atoms with van der Waals surface area (Å²) in [5, 5.41) is 10.6. The van der Waals surface area contributed by atoms with Crippen LogP contribution in [0, 0.1) is 0 Å². The van der Waals surface area contributed by atoms with Crippen molar-refractivity contribution in [1.29, 1.82) is 0 Å². The quantitative estimate of drug-likeness (QED) is 0.894. The highest BCUT2D eigenvalue weighted by Crippen LogP contribution is 2.35. The first-order chi connectivity index (χ1) is 12.6. The lowest BCUT2D eigenvalue weighted by atomic mass is 10.1. The molecule has 4 rings (SSSR count). The van der Waals surface area contributed by atoms with Gasteiger partial charge >= 0.3 is 5.97 Å². The zero-order chi connectivity index (χ0) is 18.1. The predicted molar refractivity (Wildman–Crippen MR) is 101 cm³/mol. The molecule has 0 atom stereocenters. The Labute approximate surface area is 152 Å². The summed E-state index contributed by atoms with van der Waals surface area (Å²) in [4.78, 5) is 23.1. The molecule has 0 radical (unpaired) electrons. The molecule has 0 amide bonds. The number of hydrogen-bond acceptors (Lipinski definition) is 6. The van der Waals surface area contributed by atoms with E-state index in [2.05, 4.69) is 32.8 Å². The maximum Gasteiger partial charge on any atom is 0.339 e. The Morgan fingerprint density at radius 1 is 1.08 bits per heavy atom. The minimum atomic E-state index is -0.926. The van der Waals surface area contributed by atoms with Crippen LogP contribution in [-0.4, -0.2) is 80.5 Å². The van der Waals surface area contributed by atoms with E-state index in [0.717, 1.165) is 61.5 Å². The fourth-order valence-corrected chi connectivity index (χ4v) is 3.78. The van der Waals surface area contributed by atoms with Gasteiger partial charge in [0.1, 0.15) is 5.56 Å². The summed E-state index contributed by atoms with van der Waals surface area (Å²) in [6.07, 6.45) is 1.52. The van der Waals surface area contributed by atoms with Crippen molar-refractivity contribution in [2.24, 2.45) is 0 Å². The van der Waals surface area contributed by atoms with Crippen LogP contribution in [0.15, 0.2) is 24.4 Å². The van der Waals surface area contributed by atoms with Gasteiger partial charge in [-0.05, 0) is 13.1 Å². The minimum Gasteiger partial charge on any atom is -0.478 e. The summed E-state index contributed by atoms with van der Waals surface area (Å²) in [6, 6.07) is 6.06. The molecule has 0 unspecified atom stereocenters. The molecule has 1 N–H and O–H groups in total. The van der Waals surface area contributed by atoms with E-state index in [4.69, 9.17) is 4.74 Å². The van der Waals surface area contributed by atoms with Crippen LogP contribution < -0.4 is 9.80 Å². The first kappa shape index (κ1) is 17.1. The van der Waals surface area contributed by atoms with E-state index in [0.29, 0.717) is 13.2 Å². The maximum atomic E-state index is 11.9. The van der Waals surface area contributed by atoms with Crippen molar-refractivity contribution in [3.05, 3.63) is 30.0 Å². The van der Waals surface area contributed by atoms with E-state index in [-0.39, 0.29) is 5.56 Å². The maximum absolute atomic E-state index is 11.9. The van der Waals surface area contributed by atoms with Crippen LogP contribution in [0.5, 0.6) is 0 Å². The lowest BCUT2D eigenvalue weighted by molar-refractivity contribution is 0.0697. The van der Waals surface area contributed by atoms with Gasteiger partial charge in [0.2, 0.25) is 0 Å². The molecular formula is C19H24N4O3. The van der Waals surface area contributed by atoms with E-state index >= 15 is 0 Å². The monoisotopic (exact) mass is 356 g/mol. The summed E-state index contributed by atoms with van der Waals surface area (Å²) in [5.74, 6) is -0.926. The SMILES string of the molecule is CN1CCN(c2c(C(=O)O)cnc3c(N4CCOCC4)cccc23)CC1. The number of carboxylic acid groups (broad SMARTS) is 1. The van der Waals surface area contributed by atoms with Crippen molar-refractivity contribution >= 4 is 28.2 Å². The van der Waals surface area contributed by atoms with Crippen molar-refractivity contribution in [3.63, 3.8) is 0 Å². The lowest BCUT2D eigenvalue weighted by Gasteiger charge is -2.36. The summed E-state index contributed by atoms with van der Waals surface area (Å²) in [6.45, 7) is 6.54. The molecular weight excluding hydrogens is 332 g/mol. The standard InChI is InChI=1S/C19H24N4O3/c1-21-5-7-23(8-6-21)18-14-3-2-4-16(22-9-11-26-12-10-22)17(14)20-13-15(18)19(24)25/h2-4,13H,5-12H2,1H3,(H,24,25). The van der Waals surface area contributed by atoms with E-state index in [1.807, 2.05) is 12.1 Å². The Balaban J connectivity index is 1.84. The number of benzene rings is 1. The summed E-state index contributed by atoms with van der Waals surface area (Å²) < 4.78 is 5.46. The topological polar surface area (TPSA) is 69.1 Å². The van der Waals surface area contributed by atoms with Crippen LogP contribution in [0.1, 0.15) is 10.4 Å². The highest BCUT2D eigenvalue weighted by Gasteiger charge is 2.25. The van der Waals surface area contributed by atoms with Gasteiger partial charge in [-0.3, -0.25) is 4.98 Å². The Hall–Kier alpha value is -2.38. The Bertz CT molecular complexity index is 812. The largest absolute Gasteiger partial charge is 0.478 e. The number of piperazine rings is 1. The first-order valence-corrected chi connectivity index (χ1v) is 9.06. The van der Waals surface area contributed by atoms with Crippen molar-refractivity contribution in [2.45, 2.75) is 0 Å². The second-order valence-electron chi connectivity index (χ2n) is 6.89. The third-order valence-electron chi connectivity index (χ3n) is 5.25. The lowest BCUT2D eigenvalue weighted by Crippen LogP contribution is -2.45. The molecule has 1 aromatic heterocycles. The number of carboxylic acids is 1. The summed E-state index contributed by atoms with van der Waals surface area (Å²) >= 11 is 0. The van der Waals surface area contributed by atoms with Gasteiger partial charge in [-0.25, -0.2) is 4.79 Å². The molecule has 3 heterocycles. The summed E-state index contributed by atoms with van der Waals surface area (Å²) in [5.41, 5.74) is 3.00. The van der Waals surface area contributed by atoms with Gasteiger partial charge in [0, 0.05) is 50.9 Å². The highest BCUT2D eigenvalue weighted by molar-refractivity contribution is 6.07. The first-order valence-electron chi connectivity index (χ1n) is 9.06. The Kier molecular flexibility index (Phi) is 4.65. The van der Waals surface area contributed by atoms with Crippen LogP contribution in [0.3, 0.4) is 0 Å². The number of pyridine rings is 1. The van der Waals surface area contributed by atoms with Crippen molar-refractivity contribution in [2.75, 3.05) is 69.3 Å². The number of aromatic carboxylic acids is 1. The highest BCUT2D eigenvalue weighted by atomic mass is 16.5. The number of hydrogen-bond donors (Lipinski definition) is 1. The molecule has 2 aliphatic heterocycles. The fourth-order valence-electron chi connectivity index (χ4n) is 3.78. The molecule has 0 saturated carbocycles. The average molecular weight is 356 g/mol. The average Bonchev–Trinajstić information content (AvgIpc) is 2.68. The summed E-state index contributed by atoms with van der Waals surface area (Å²) in [7, 11) is 2.09. The predicted octanol–water partition coefficient (Wildman–Crippen LogP) is 1.52. The fraction of sp³-hybridized carbons (Fsp3) is 0.474. The molecule has 0 spiro atoms. The van der Waals surface area contributed by atoms with Crippen LogP contribution in [-0.2, 0) is 4.74 Å². The third kappa shape index (κ3) is 3.08. The van der Waals surface area contributed by atoms with E-state index < -0.39 is 5.97 Å². The molecule has 26 heavy (non-hydrogen) atoms. The molecule has 2 aliphatic rings. The third-order valence-corrected chi connectivity index (χ3v) is 5.25. The van der Waals surface area contributed by atoms with E-state index in [1.165, 1.54) is 6.20 Å². The van der Waals surface area contributed by atoms with Crippen LogP contribution in [0.4, 0.5) is 11.4 Å². The number of morpholine rings is 1. The second-order valence-corrected chi connectivity index (χ2v) is 6.89. The molecule has 0 bridgehead atoms. The molecule has 2 aromatic rings. The molecule has 138 valence electrons. The normalized spacial score (nSPS) is 19.1. The van der Waals surface area contributed by atoms with Crippen LogP contribution >= 0.6 is 0 Å². The van der Waals surface area contributed by atoms with Gasteiger partial charge in [0.05, 0.1) is 30.1 Å². The number of nitrogens with zero attached hydrogens (tertiary/aromatic N) is 4. The molecule has 0 aliphatic carbocycles. The van der Waals surface area contributed by atoms with E-state index in [9.17, 15) is 9.90 Å². The van der Waals surface area contributed by atoms with Crippen LogP contribution in [0.2, 0.25) is 0 Å². The minimum absolute atomic E-state index is 0.279. The molecule has 2 saturated heterocycles. The Morgan fingerprint density at radius 3 is 2.50 bits per heavy atom. The van der Waals surface area contributed by atoms with Crippen molar-refractivity contribution in [1.82, 2.24) is 9.88 Å². The zero-order valence-electron chi connectivity index (χ0n) is 15.0. The van der Waals surface area contributed by atoms with Crippen molar-refractivity contribution in [3.8, 4) is 0 Å². The second kappa shape index (κ2) is 7.09. The number of anilines is 2. The zero-order valence-corrected chi connectivity index (χ0v) is 15.0. The van der Waals surface area contributed by atoms with Crippen LogP contribution in [0.25, 0.3) is 10.9 Å². The van der Waals surface area contributed by atoms with Gasteiger partial charge in [0.15, 0.2) is 0 Å². The van der Waals surface area contributed by atoms with Crippen molar-refractivity contribution < 1.29 is 14.6 Å². The smallest absolute Gasteiger partial charge is 0.339 e. The number of likely N-dealkylation sites (N-methyl/N-ethyl adjacent to an activating group) is 1. The molecule has 7 heteroatoms. The number of para-hydroxylation sites is 1. The molecule has 7 nitrogen and oxygen atoms in total. The number of fused-ring (bicyclic) bond motifs is 1. The molecule has 1 aromatic carbocycles. The number of aromatic nitrogens is 1. The number of rotatable bonds is 3. The van der Waals surface area contributed by atoms with E-state index in [1.54, 1.807) is 0 Å². The van der Waals surface area contributed by atoms with Gasteiger partial charge < -0.3 is 24.5 Å².